The molecule has 11 heteroatoms. The Morgan fingerprint density at radius 1 is 1.19 bits per heavy atom. The maximum absolute atomic E-state index is 14.7. The van der Waals surface area contributed by atoms with Gasteiger partial charge in [0.1, 0.15) is 17.4 Å². The van der Waals surface area contributed by atoms with E-state index in [1.165, 1.54) is 12.1 Å². The minimum atomic E-state index is -4.74. The number of nitrogens with one attached hydrogen (secondary N) is 2. The van der Waals surface area contributed by atoms with Crippen LogP contribution in [-0.4, -0.2) is 36.2 Å². The second kappa shape index (κ2) is 9.23. The van der Waals surface area contributed by atoms with Crippen molar-refractivity contribution in [2.24, 2.45) is 0 Å². The summed E-state index contributed by atoms with van der Waals surface area (Å²) in [5.74, 6) is -3.13. The third-order valence-corrected chi connectivity index (χ3v) is 5.11. The Kier molecular flexibility index (Phi) is 6.82. The van der Waals surface area contributed by atoms with Crippen molar-refractivity contribution in [3.63, 3.8) is 0 Å². The summed E-state index contributed by atoms with van der Waals surface area (Å²) < 4.78 is 72.9. The maximum Gasteiger partial charge on any atom is 0.425 e. The van der Waals surface area contributed by atoms with E-state index >= 15 is 0 Å². The number of benzene rings is 2. The SMILES string of the molecule is C=C(Nc1cc(O[C@@H](C)C(F)(F)F)c(C(=O)Nc2c(F)cccc2Cl)cc1F)N1CCC1. The van der Waals surface area contributed by atoms with Crippen LogP contribution in [0.5, 0.6) is 5.75 Å². The molecule has 5 nitrogen and oxygen atoms in total. The normalized spacial score (nSPS) is 14.4. The molecular weight excluding hydrogens is 457 g/mol. The molecule has 3 rings (SSSR count). The monoisotopic (exact) mass is 475 g/mol. The zero-order valence-corrected chi connectivity index (χ0v) is 17.6. The average molecular weight is 476 g/mol. The Morgan fingerprint density at radius 3 is 2.44 bits per heavy atom. The van der Waals surface area contributed by atoms with Gasteiger partial charge in [0.15, 0.2) is 6.10 Å². The zero-order valence-electron chi connectivity index (χ0n) is 16.8. The van der Waals surface area contributed by atoms with Gasteiger partial charge in [0.2, 0.25) is 0 Å². The summed E-state index contributed by atoms with van der Waals surface area (Å²) in [5, 5.41) is 4.69. The number of alkyl halides is 3. The van der Waals surface area contributed by atoms with Gasteiger partial charge in [-0.05, 0) is 31.5 Å². The standard InChI is InChI=1S/C21H19ClF5N3O2/c1-11(21(25,26)27)32-18-10-17(28-12(2)30-7-4-8-30)16(24)9-13(18)20(31)29-19-14(22)5-3-6-15(19)23/h3,5-6,9-11,28H,2,4,7-8H2,1H3,(H,29,31)/t11-/m0/s1. The van der Waals surface area contributed by atoms with Crippen LogP contribution in [0.15, 0.2) is 42.7 Å². The number of halogens is 6. The molecule has 1 aliphatic rings. The van der Waals surface area contributed by atoms with Gasteiger partial charge in [-0.3, -0.25) is 4.79 Å². The predicted octanol–water partition coefficient (Wildman–Crippen LogP) is 5.79. The summed E-state index contributed by atoms with van der Waals surface area (Å²) in [6.45, 7) is 5.91. The van der Waals surface area contributed by atoms with Crippen LogP contribution in [0.2, 0.25) is 5.02 Å². The Balaban J connectivity index is 1.96. The molecule has 0 radical (unpaired) electrons. The van der Waals surface area contributed by atoms with Crippen LogP contribution in [0, 0.1) is 11.6 Å². The molecule has 2 aromatic rings. The number of hydrogen-bond donors (Lipinski definition) is 2. The quantitative estimate of drug-likeness (QED) is 0.498. The van der Waals surface area contributed by atoms with E-state index in [2.05, 4.69) is 17.2 Å². The lowest BCUT2D eigenvalue weighted by molar-refractivity contribution is -0.189. The number of nitrogens with zero attached hydrogens (tertiary/aromatic N) is 1. The summed E-state index contributed by atoms with van der Waals surface area (Å²) in [4.78, 5) is 14.5. The largest absolute Gasteiger partial charge is 0.480 e. The summed E-state index contributed by atoms with van der Waals surface area (Å²) in [6, 6.07) is 5.27. The molecule has 2 N–H and O–H groups in total. The lowest BCUT2D eigenvalue weighted by Gasteiger charge is -2.35. The summed E-state index contributed by atoms with van der Waals surface area (Å²) in [7, 11) is 0. The highest BCUT2D eigenvalue weighted by Crippen LogP contribution is 2.33. The summed E-state index contributed by atoms with van der Waals surface area (Å²) in [6.07, 6.45) is -6.12. The van der Waals surface area contributed by atoms with Crippen molar-refractivity contribution in [1.29, 1.82) is 0 Å². The lowest BCUT2D eigenvalue weighted by atomic mass is 10.1. The van der Waals surface area contributed by atoms with E-state index in [4.69, 9.17) is 16.3 Å². The molecule has 172 valence electrons. The predicted molar refractivity (Wildman–Crippen MR) is 111 cm³/mol. The Morgan fingerprint density at radius 2 is 1.88 bits per heavy atom. The topological polar surface area (TPSA) is 53.6 Å². The Labute approximate surface area is 185 Å². The molecule has 32 heavy (non-hydrogen) atoms. The van der Waals surface area contributed by atoms with Crippen molar-refractivity contribution in [2.45, 2.75) is 25.6 Å². The summed E-state index contributed by atoms with van der Waals surface area (Å²) >= 11 is 5.87. The molecular formula is C21H19ClF5N3O2. The lowest BCUT2D eigenvalue weighted by Crippen LogP contribution is -2.38. The van der Waals surface area contributed by atoms with Gasteiger partial charge in [0.25, 0.3) is 5.91 Å². The molecule has 1 fully saturated rings. The highest BCUT2D eigenvalue weighted by Gasteiger charge is 2.39. The van der Waals surface area contributed by atoms with Crippen LogP contribution < -0.4 is 15.4 Å². The minimum Gasteiger partial charge on any atom is -0.480 e. The van der Waals surface area contributed by atoms with Crippen molar-refractivity contribution in [1.82, 2.24) is 4.90 Å². The highest BCUT2D eigenvalue weighted by atomic mass is 35.5. The average Bonchev–Trinajstić information content (AvgIpc) is 2.64. The number of carbonyl (C=O) groups is 1. The van der Waals surface area contributed by atoms with Crippen molar-refractivity contribution in [3.05, 3.63) is 65.0 Å². The van der Waals surface area contributed by atoms with E-state index in [1.54, 1.807) is 4.90 Å². The summed E-state index contributed by atoms with van der Waals surface area (Å²) in [5.41, 5.74) is -1.20. The van der Waals surface area contributed by atoms with Crippen molar-refractivity contribution >= 4 is 28.9 Å². The van der Waals surface area contributed by atoms with E-state index in [1.807, 2.05) is 0 Å². The number of hydrogen-bond acceptors (Lipinski definition) is 4. The highest BCUT2D eigenvalue weighted by molar-refractivity contribution is 6.34. The molecule has 0 aromatic heterocycles. The van der Waals surface area contributed by atoms with Gasteiger partial charge >= 0.3 is 6.18 Å². The van der Waals surface area contributed by atoms with Crippen LogP contribution in [-0.2, 0) is 0 Å². The number of ether oxygens (including phenoxy) is 1. The fourth-order valence-corrected chi connectivity index (χ4v) is 3.01. The fourth-order valence-electron chi connectivity index (χ4n) is 2.80. The van der Waals surface area contributed by atoms with Crippen molar-refractivity contribution < 1.29 is 31.5 Å². The van der Waals surface area contributed by atoms with Gasteiger partial charge < -0.3 is 20.3 Å². The molecule has 1 saturated heterocycles. The number of likely N-dealkylation sites (tertiary alicyclic amines) is 1. The molecule has 1 atom stereocenters. The molecule has 2 aromatic carbocycles. The molecule has 0 unspecified atom stereocenters. The third-order valence-electron chi connectivity index (χ3n) is 4.80. The number of carbonyl (C=O) groups excluding carboxylic acids is 1. The van der Waals surface area contributed by atoms with Gasteiger partial charge in [-0.1, -0.05) is 24.2 Å². The van der Waals surface area contributed by atoms with E-state index in [0.29, 0.717) is 25.0 Å². The maximum atomic E-state index is 14.7. The Hall–Kier alpha value is -3.01. The third kappa shape index (κ3) is 5.24. The first-order chi connectivity index (χ1) is 15.0. The first kappa shape index (κ1) is 23.6. The van der Waals surface area contributed by atoms with Gasteiger partial charge in [0, 0.05) is 19.2 Å². The van der Waals surface area contributed by atoms with Crippen molar-refractivity contribution in [3.8, 4) is 5.75 Å². The zero-order chi connectivity index (χ0) is 23.6. The fraction of sp³-hybridized carbons (Fsp3) is 0.286. The van der Waals surface area contributed by atoms with E-state index in [-0.39, 0.29) is 10.7 Å². The number of para-hydroxylation sites is 1. The Bertz CT molecular complexity index is 1020. The van der Waals surface area contributed by atoms with Crippen molar-refractivity contribution in [2.75, 3.05) is 23.7 Å². The van der Waals surface area contributed by atoms with Crippen LogP contribution in [0.1, 0.15) is 23.7 Å². The molecule has 0 saturated carbocycles. The van der Waals surface area contributed by atoms with E-state index < -0.39 is 46.8 Å². The van der Waals surface area contributed by atoms with Crippen LogP contribution in [0.25, 0.3) is 0 Å². The second-order valence-corrected chi connectivity index (χ2v) is 7.50. The first-order valence-corrected chi connectivity index (χ1v) is 9.88. The number of rotatable bonds is 7. The molecule has 1 amide bonds. The minimum absolute atomic E-state index is 0.144. The molecule has 0 bridgehead atoms. The van der Waals surface area contributed by atoms with Gasteiger partial charge in [-0.2, -0.15) is 13.2 Å². The second-order valence-electron chi connectivity index (χ2n) is 7.09. The van der Waals surface area contributed by atoms with Crippen LogP contribution in [0.3, 0.4) is 0 Å². The van der Waals surface area contributed by atoms with Crippen LogP contribution in [0.4, 0.5) is 33.3 Å². The molecule has 0 spiro atoms. The van der Waals surface area contributed by atoms with Crippen LogP contribution >= 0.6 is 11.6 Å². The first-order valence-electron chi connectivity index (χ1n) is 9.50. The van der Waals surface area contributed by atoms with E-state index in [0.717, 1.165) is 25.5 Å². The van der Waals surface area contributed by atoms with E-state index in [9.17, 15) is 26.7 Å². The number of amides is 1. The molecule has 0 aliphatic carbocycles. The molecule has 1 aliphatic heterocycles. The number of anilines is 2. The smallest absolute Gasteiger partial charge is 0.425 e. The van der Waals surface area contributed by atoms with Gasteiger partial charge in [0.05, 0.1) is 27.8 Å². The van der Waals surface area contributed by atoms with Gasteiger partial charge in [-0.15, -0.1) is 0 Å². The van der Waals surface area contributed by atoms with Gasteiger partial charge in [-0.25, -0.2) is 8.78 Å². The molecule has 1 heterocycles.